The second-order valence-corrected chi connectivity index (χ2v) is 6.79. The number of benzene rings is 2. The highest BCUT2D eigenvalue weighted by Gasteiger charge is 2.12. The van der Waals surface area contributed by atoms with Crippen molar-refractivity contribution in [2.75, 3.05) is 13.2 Å². The highest BCUT2D eigenvalue weighted by molar-refractivity contribution is 5.83. The monoisotopic (exact) mass is 384 g/mol. The van der Waals surface area contributed by atoms with E-state index in [0.717, 1.165) is 23.1 Å². The van der Waals surface area contributed by atoms with Crippen LogP contribution >= 0.6 is 0 Å². The first-order valence-corrected chi connectivity index (χ1v) is 9.40. The third-order valence-electron chi connectivity index (χ3n) is 4.46. The van der Waals surface area contributed by atoms with E-state index in [4.69, 9.17) is 9.47 Å². The number of hydrazine groups is 1. The quantitative estimate of drug-likeness (QED) is 0.684. The maximum absolute atomic E-state index is 12.0. The molecule has 2 amide bonds. The predicted molar refractivity (Wildman–Crippen MR) is 108 cm³/mol. The molecule has 0 saturated heterocycles. The first-order valence-electron chi connectivity index (χ1n) is 9.40. The minimum Gasteiger partial charge on any atom is -0.483 e. The van der Waals surface area contributed by atoms with Crippen LogP contribution in [0.4, 0.5) is 0 Å². The summed E-state index contributed by atoms with van der Waals surface area (Å²) in [5, 5.41) is 0. The molecule has 0 aromatic heterocycles. The van der Waals surface area contributed by atoms with Crippen LogP contribution in [0, 0.1) is 13.8 Å². The van der Waals surface area contributed by atoms with Gasteiger partial charge in [0.25, 0.3) is 11.8 Å². The van der Waals surface area contributed by atoms with Crippen molar-refractivity contribution in [1.82, 2.24) is 10.9 Å². The minimum absolute atomic E-state index is 0.189. The molecule has 6 nitrogen and oxygen atoms in total. The number of hydrogen-bond donors (Lipinski definition) is 2. The van der Waals surface area contributed by atoms with Crippen molar-refractivity contribution >= 4 is 11.8 Å². The number of amides is 2. The molecule has 28 heavy (non-hydrogen) atoms. The molecule has 1 atom stereocenters. The van der Waals surface area contributed by atoms with Crippen molar-refractivity contribution in [3.63, 3.8) is 0 Å². The molecule has 0 heterocycles. The summed E-state index contributed by atoms with van der Waals surface area (Å²) in [6.07, 6.45) is 0.975. The molecule has 2 rings (SSSR count). The Kier molecular flexibility index (Phi) is 7.87. The lowest BCUT2D eigenvalue weighted by atomic mass is 9.98. The number of nitrogens with one attached hydrogen (secondary N) is 2. The number of aryl methyl sites for hydroxylation is 2. The van der Waals surface area contributed by atoms with E-state index in [-0.39, 0.29) is 13.2 Å². The summed E-state index contributed by atoms with van der Waals surface area (Å²) in [4.78, 5) is 23.8. The zero-order valence-electron chi connectivity index (χ0n) is 16.9. The number of carbonyl (C=O) groups is 2. The van der Waals surface area contributed by atoms with Crippen molar-refractivity contribution in [2.45, 2.75) is 40.0 Å². The van der Waals surface area contributed by atoms with Crippen LogP contribution in [-0.2, 0) is 9.59 Å². The lowest BCUT2D eigenvalue weighted by Gasteiger charge is -2.15. The molecule has 0 bridgehead atoms. The first kappa shape index (κ1) is 21.3. The van der Waals surface area contributed by atoms with Gasteiger partial charge in [0.05, 0.1) is 0 Å². The molecular weight excluding hydrogens is 356 g/mol. The van der Waals surface area contributed by atoms with Crippen molar-refractivity contribution in [3.05, 3.63) is 59.2 Å². The molecule has 1 unspecified atom stereocenters. The van der Waals surface area contributed by atoms with Crippen molar-refractivity contribution in [1.29, 1.82) is 0 Å². The normalized spacial score (nSPS) is 11.4. The average Bonchev–Trinajstić information content (AvgIpc) is 2.70. The zero-order chi connectivity index (χ0) is 20.5. The van der Waals surface area contributed by atoms with E-state index in [1.807, 2.05) is 56.3 Å². The number of carbonyl (C=O) groups excluding carboxylic acids is 2. The van der Waals surface area contributed by atoms with Gasteiger partial charge < -0.3 is 9.47 Å². The van der Waals surface area contributed by atoms with Crippen LogP contribution in [0.15, 0.2) is 42.5 Å². The van der Waals surface area contributed by atoms with Crippen LogP contribution < -0.4 is 20.3 Å². The van der Waals surface area contributed by atoms with Crippen LogP contribution in [0.2, 0.25) is 0 Å². The Labute approximate surface area is 166 Å². The van der Waals surface area contributed by atoms with Gasteiger partial charge in [-0.25, -0.2) is 0 Å². The van der Waals surface area contributed by atoms with Crippen LogP contribution in [0.1, 0.15) is 42.9 Å². The van der Waals surface area contributed by atoms with Gasteiger partial charge in [-0.2, -0.15) is 0 Å². The highest BCUT2D eigenvalue weighted by Crippen LogP contribution is 2.28. The fourth-order valence-electron chi connectivity index (χ4n) is 2.60. The number of ether oxygens (including phenoxy) is 2. The lowest BCUT2D eigenvalue weighted by molar-refractivity contribution is -0.131. The molecule has 2 N–H and O–H groups in total. The summed E-state index contributed by atoms with van der Waals surface area (Å²) >= 11 is 0. The van der Waals surface area contributed by atoms with E-state index in [1.165, 1.54) is 0 Å². The van der Waals surface area contributed by atoms with Gasteiger partial charge in [0.1, 0.15) is 11.5 Å². The number of para-hydroxylation sites is 1. The Balaban J connectivity index is 1.77. The molecule has 0 aliphatic carbocycles. The van der Waals surface area contributed by atoms with E-state index in [2.05, 4.69) is 24.7 Å². The topological polar surface area (TPSA) is 76.7 Å². The van der Waals surface area contributed by atoms with Gasteiger partial charge in [-0.1, -0.05) is 44.2 Å². The second-order valence-electron chi connectivity index (χ2n) is 6.79. The fraction of sp³-hybridized carbons (Fsp3) is 0.364. The zero-order valence-corrected chi connectivity index (χ0v) is 16.9. The predicted octanol–water partition coefficient (Wildman–Crippen LogP) is 3.42. The Morgan fingerprint density at radius 2 is 1.54 bits per heavy atom. The van der Waals surface area contributed by atoms with Crippen LogP contribution in [0.5, 0.6) is 11.5 Å². The molecule has 0 aliphatic heterocycles. The highest BCUT2D eigenvalue weighted by atomic mass is 16.5. The standard InChI is InChI=1S/C22H28N2O4/c1-5-16(3)18-8-6-7-9-19(18)27-13-21(25)23-24-22(26)14-28-20-12-15(2)10-11-17(20)4/h6-12,16H,5,13-14H2,1-4H3,(H,23,25)(H,24,26). The van der Waals surface area contributed by atoms with Gasteiger partial charge in [0, 0.05) is 0 Å². The van der Waals surface area contributed by atoms with Crippen molar-refractivity contribution in [2.24, 2.45) is 0 Å². The minimum atomic E-state index is -0.450. The largest absolute Gasteiger partial charge is 0.483 e. The van der Waals surface area contributed by atoms with E-state index >= 15 is 0 Å². The van der Waals surface area contributed by atoms with Crippen LogP contribution in [-0.4, -0.2) is 25.0 Å². The van der Waals surface area contributed by atoms with Gasteiger partial charge in [-0.3, -0.25) is 20.4 Å². The SMILES string of the molecule is CCC(C)c1ccccc1OCC(=O)NNC(=O)COc1cc(C)ccc1C. The summed E-state index contributed by atoms with van der Waals surface area (Å²) in [7, 11) is 0. The van der Waals surface area contributed by atoms with Gasteiger partial charge in [0.15, 0.2) is 13.2 Å². The maximum atomic E-state index is 12.0. The maximum Gasteiger partial charge on any atom is 0.276 e. The second kappa shape index (κ2) is 10.3. The third-order valence-corrected chi connectivity index (χ3v) is 4.46. The van der Waals surface area contributed by atoms with E-state index in [9.17, 15) is 9.59 Å². The van der Waals surface area contributed by atoms with Crippen LogP contribution in [0.3, 0.4) is 0 Å². The van der Waals surface area contributed by atoms with Gasteiger partial charge in [0.2, 0.25) is 0 Å². The Hall–Kier alpha value is -3.02. The summed E-state index contributed by atoms with van der Waals surface area (Å²) < 4.78 is 11.1. The van der Waals surface area contributed by atoms with Crippen LogP contribution in [0.25, 0.3) is 0 Å². The molecule has 0 saturated carbocycles. The fourth-order valence-corrected chi connectivity index (χ4v) is 2.60. The molecule has 6 heteroatoms. The number of rotatable bonds is 8. The Morgan fingerprint density at radius 1 is 0.929 bits per heavy atom. The van der Waals surface area contributed by atoms with E-state index in [1.54, 1.807) is 0 Å². The molecule has 0 radical (unpaired) electrons. The van der Waals surface area contributed by atoms with Crippen molar-refractivity contribution in [3.8, 4) is 11.5 Å². The molecule has 0 spiro atoms. The number of hydrogen-bond acceptors (Lipinski definition) is 4. The van der Waals surface area contributed by atoms with Crippen molar-refractivity contribution < 1.29 is 19.1 Å². The molecule has 2 aromatic carbocycles. The first-order chi connectivity index (χ1) is 13.4. The van der Waals surface area contributed by atoms with E-state index in [0.29, 0.717) is 17.4 Å². The lowest BCUT2D eigenvalue weighted by Crippen LogP contribution is -2.45. The summed E-state index contributed by atoms with van der Waals surface area (Å²) in [6.45, 7) is 7.69. The van der Waals surface area contributed by atoms with E-state index < -0.39 is 11.8 Å². The van der Waals surface area contributed by atoms with Gasteiger partial charge in [-0.15, -0.1) is 0 Å². The third kappa shape index (κ3) is 6.30. The Bertz CT molecular complexity index is 820. The summed E-state index contributed by atoms with van der Waals surface area (Å²) in [5.41, 5.74) is 7.71. The molecule has 0 fully saturated rings. The Morgan fingerprint density at radius 3 is 2.18 bits per heavy atom. The molecule has 0 aliphatic rings. The smallest absolute Gasteiger partial charge is 0.276 e. The average molecular weight is 384 g/mol. The molecule has 2 aromatic rings. The van der Waals surface area contributed by atoms with Gasteiger partial charge in [-0.05, 0) is 55.0 Å². The van der Waals surface area contributed by atoms with Gasteiger partial charge >= 0.3 is 0 Å². The molecular formula is C22H28N2O4. The summed E-state index contributed by atoms with van der Waals surface area (Å²) in [5.74, 6) is 0.762. The molecule has 150 valence electrons. The summed E-state index contributed by atoms with van der Waals surface area (Å²) in [6, 6.07) is 13.4.